The van der Waals surface area contributed by atoms with Crippen LogP contribution in [0, 0.1) is 0 Å². The molecule has 1 saturated heterocycles. The van der Waals surface area contributed by atoms with E-state index < -0.39 is 0 Å². The van der Waals surface area contributed by atoms with Crippen LogP contribution in [0.5, 0.6) is 0 Å². The van der Waals surface area contributed by atoms with Crippen molar-refractivity contribution in [3.8, 4) is 11.3 Å². The fraction of sp³-hybridized carbons (Fsp3) is 0.227. The maximum absolute atomic E-state index is 9.43. The number of fused-ring (bicyclic) bond motifs is 1. The molecule has 136 valence electrons. The van der Waals surface area contributed by atoms with E-state index in [4.69, 9.17) is 0 Å². The first-order valence-electron chi connectivity index (χ1n) is 9.31. The van der Waals surface area contributed by atoms with Crippen LogP contribution in [-0.2, 0) is 13.1 Å². The summed E-state index contributed by atoms with van der Waals surface area (Å²) >= 11 is 0. The van der Waals surface area contributed by atoms with E-state index >= 15 is 0 Å². The fourth-order valence-corrected chi connectivity index (χ4v) is 3.82. The number of aromatic amines is 1. The Morgan fingerprint density at radius 2 is 1.78 bits per heavy atom. The molecule has 0 unspecified atom stereocenters. The number of β-amino-alcohol motifs (C(OH)–C–C–N with tert-alkyl or cyclic N) is 1. The van der Waals surface area contributed by atoms with Gasteiger partial charge in [0.25, 0.3) is 0 Å². The van der Waals surface area contributed by atoms with Crippen molar-refractivity contribution < 1.29 is 5.11 Å². The summed E-state index contributed by atoms with van der Waals surface area (Å²) < 4.78 is 2.29. The lowest BCUT2D eigenvalue weighted by Crippen LogP contribution is -2.49. The van der Waals surface area contributed by atoms with Gasteiger partial charge in [0.15, 0.2) is 0 Å². The van der Waals surface area contributed by atoms with Crippen LogP contribution in [0.1, 0.15) is 11.1 Å². The van der Waals surface area contributed by atoms with Crippen LogP contribution < -0.4 is 0 Å². The molecule has 0 radical (unpaired) electrons. The lowest BCUT2D eigenvalue weighted by atomic mass is 10.1. The maximum Gasteiger partial charge on any atom is 0.0794 e. The van der Waals surface area contributed by atoms with E-state index in [-0.39, 0.29) is 6.10 Å². The number of aliphatic hydroxyl groups excluding tert-OH is 1. The van der Waals surface area contributed by atoms with Crippen molar-refractivity contribution >= 4 is 10.9 Å². The highest BCUT2D eigenvalue weighted by molar-refractivity contribution is 5.81. The van der Waals surface area contributed by atoms with Gasteiger partial charge in [-0.05, 0) is 46.3 Å². The zero-order chi connectivity index (χ0) is 18.2. The van der Waals surface area contributed by atoms with Crippen LogP contribution in [0.4, 0.5) is 0 Å². The van der Waals surface area contributed by atoms with Crippen LogP contribution in [0.2, 0.25) is 0 Å². The van der Waals surface area contributed by atoms with E-state index in [2.05, 4.69) is 74.4 Å². The Kier molecular flexibility index (Phi) is 4.03. The molecule has 2 aromatic carbocycles. The SMILES string of the molecule is OC1CN(Cc2ccc3c(ccn3Cc3ccc(-c4ccn[nH]4)cc3)c2)C1. The van der Waals surface area contributed by atoms with Gasteiger partial charge in [-0.1, -0.05) is 30.3 Å². The minimum absolute atomic E-state index is 0.144. The zero-order valence-corrected chi connectivity index (χ0v) is 15.0. The molecule has 1 aliphatic rings. The smallest absolute Gasteiger partial charge is 0.0794 e. The molecular weight excluding hydrogens is 336 g/mol. The van der Waals surface area contributed by atoms with Gasteiger partial charge in [0, 0.05) is 44.1 Å². The highest BCUT2D eigenvalue weighted by Crippen LogP contribution is 2.22. The van der Waals surface area contributed by atoms with Gasteiger partial charge in [-0.2, -0.15) is 5.10 Å². The third-order valence-electron chi connectivity index (χ3n) is 5.30. The number of hydrogen-bond acceptors (Lipinski definition) is 3. The summed E-state index contributed by atoms with van der Waals surface area (Å²) in [6, 6.07) is 19.4. The Balaban J connectivity index is 1.33. The highest BCUT2D eigenvalue weighted by atomic mass is 16.3. The number of rotatable bonds is 5. The molecule has 0 aliphatic carbocycles. The van der Waals surface area contributed by atoms with Crippen molar-refractivity contribution in [2.45, 2.75) is 19.2 Å². The Bertz CT molecular complexity index is 1040. The van der Waals surface area contributed by atoms with E-state index in [9.17, 15) is 5.11 Å². The lowest BCUT2D eigenvalue weighted by molar-refractivity contribution is -0.00284. The molecule has 27 heavy (non-hydrogen) atoms. The van der Waals surface area contributed by atoms with Gasteiger partial charge < -0.3 is 9.67 Å². The van der Waals surface area contributed by atoms with Gasteiger partial charge in [-0.15, -0.1) is 0 Å². The van der Waals surface area contributed by atoms with Crippen LogP contribution in [0.25, 0.3) is 22.2 Å². The second-order valence-corrected chi connectivity index (χ2v) is 7.35. The largest absolute Gasteiger partial charge is 0.390 e. The van der Waals surface area contributed by atoms with E-state index in [1.807, 2.05) is 6.07 Å². The normalized spacial score (nSPS) is 15.3. The zero-order valence-electron chi connectivity index (χ0n) is 15.0. The van der Waals surface area contributed by atoms with Gasteiger partial charge in [0.2, 0.25) is 0 Å². The van der Waals surface area contributed by atoms with Crippen molar-refractivity contribution in [1.29, 1.82) is 0 Å². The molecule has 0 bridgehead atoms. The first-order chi connectivity index (χ1) is 13.2. The first-order valence-corrected chi connectivity index (χ1v) is 9.31. The summed E-state index contributed by atoms with van der Waals surface area (Å²) in [5.74, 6) is 0. The van der Waals surface area contributed by atoms with Crippen LogP contribution in [-0.4, -0.2) is 44.0 Å². The molecule has 1 aliphatic heterocycles. The highest BCUT2D eigenvalue weighted by Gasteiger charge is 2.23. The van der Waals surface area contributed by atoms with E-state index in [1.54, 1.807) is 6.20 Å². The molecule has 5 nitrogen and oxygen atoms in total. The van der Waals surface area contributed by atoms with Gasteiger partial charge in [0.1, 0.15) is 0 Å². The Hall–Kier alpha value is -2.89. The maximum atomic E-state index is 9.43. The van der Waals surface area contributed by atoms with Gasteiger partial charge in [0.05, 0.1) is 11.8 Å². The quantitative estimate of drug-likeness (QED) is 0.576. The summed E-state index contributed by atoms with van der Waals surface area (Å²) in [4.78, 5) is 2.27. The predicted molar refractivity (Wildman–Crippen MR) is 106 cm³/mol. The number of H-pyrrole nitrogens is 1. The average molecular weight is 358 g/mol. The van der Waals surface area contributed by atoms with Crippen LogP contribution in [0.15, 0.2) is 67.0 Å². The summed E-state index contributed by atoms with van der Waals surface area (Å²) in [7, 11) is 0. The van der Waals surface area contributed by atoms with E-state index in [1.165, 1.54) is 22.0 Å². The lowest BCUT2D eigenvalue weighted by Gasteiger charge is -2.35. The molecule has 0 amide bonds. The summed E-state index contributed by atoms with van der Waals surface area (Å²) in [5, 5.41) is 17.7. The second-order valence-electron chi connectivity index (χ2n) is 7.35. The van der Waals surface area contributed by atoms with Gasteiger partial charge >= 0.3 is 0 Å². The summed E-state index contributed by atoms with van der Waals surface area (Å²) in [5.41, 5.74) is 6.01. The molecule has 5 heteroatoms. The molecule has 0 spiro atoms. The molecule has 2 aromatic heterocycles. The van der Waals surface area contributed by atoms with Crippen molar-refractivity contribution in [2.24, 2.45) is 0 Å². The van der Waals surface area contributed by atoms with Crippen molar-refractivity contribution in [3.05, 3.63) is 78.1 Å². The minimum atomic E-state index is -0.144. The molecule has 1 fully saturated rings. The molecule has 5 rings (SSSR count). The minimum Gasteiger partial charge on any atom is -0.390 e. The second kappa shape index (κ2) is 6.68. The Morgan fingerprint density at radius 3 is 2.52 bits per heavy atom. The van der Waals surface area contributed by atoms with Crippen LogP contribution >= 0.6 is 0 Å². The standard InChI is InChI=1S/C22H22N4O/c27-20-14-25(15-20)12-17-3-6-22-19(11-17)8-10-26(22)13-16-1-4-18(5-2-16)21-7-9-23-24-21/h1-11,20,27H,12-15H2,(H,23,24). The fourth-order valence-electron chi connectivity index (χ4n) is 3.82. The number of aliphatic hydroxyl groups is 1. The molecule has 3 heterocycles. The number of nitrogens with zero attached hydrogens (tertiary/aromatic N) is 3. The van der Waals surface area contributed by atoms with Gasteiger partial charge in [-0.3, -0.25) is 10.00 Å². The molecule has 0 atom stereocenters. The Morgan fingerprint density at radius 1 is 0.963 bits per heavy atom. The van der Waals surface area contributed by atoms with E-state index in [0.29, 0.717) is 0 Å². The first kappa shape index (κ1) is 16.3. The Labute approximate surface area is 157 Å². The number of nitrogens with one attached hydrogen (secondary N) is 1. The third-order valence-corrected chi connectivity index (χ3v) is 5.30. The van der Waals surface area contributed by atoms with Gasteiger partial charge in [-0.25, -0.2) is 0 Å². The monoisotopic (exact) mass is 358 g/mol. The summed E-state index contributed by atoms with van der Waals surface area (Å²) in [6.45, 7) is 3.33. The number of aromatic nitrogens is 3. The van der Waals surface area contributed by atoms with Crippen molar-refractivity contribution in [3.63, 3.8) is 0 Å². The third kappa shape index (κ3) is 3.27. The topological polar surface area (TPSA) is 57.1 Å². The molecule has 4 aromatic rings. The number of benzene rings is 2. The molecule has 0 saturated carbocycles. The molecule has 2 N–H and O–H groups in total. The van der Waals surface area contributed by atoms with E-state index in [0.717, 1.165) is 37.4 Å². The molecular formula is C22H22N4O. The van der Waals surface area contributed by atoms with Crippen LogP contribution in [0.3, 0.4) is 0 Å². The number of hydrogen-bond donors (Lipinski definition) is 2. The average Bonchev–Trinajstić information content (AvgIpc) is 3.32. The van der Waals surface area contributed by atoms with Crippen molar-refractivity contribution in [2.75, 3.05) is 13.1 Å². The summed E-state index contributed by atoms with van der Waals surface area (Å²) in [6.07, 6.45) is 3.78. The predicted octanol–water partition coefficient (Wildman–Crippen LogP) is 3.26. The van der Waals surface area contributed by atoms with Crippen molar-refractivity contribution in [1.82, 2.24) is 19.7 Å². The number of likely N-dealkylation sites (tertiary alicyclic amines) is 1.